The molecule has 0 saturated carbocycles. The van der Waals surface area contributed by atoms with E-state index in [4.69, 9.17) is 4.74 Å². The molecular weight excluding hydrogens is 169 g/mol. The van der Waals surface area contributed by atoms with E-state index in [-0.39, 0.29) is 0 Å². The van der Waals surface area contributed by atoms with Crippen LogP contribution in [0.15, 0.2) is 18.2 Å². The Morgan fingerprint density at radius 2 is 2.08 bits per heavy atom. The lowest BCUT2D eigenvalue weighted by Crippen LogP contribution is -2.07. The molecule has 0 atom stereocenters. The van der Waals surface area contributed by atoms with Gasteiger partial charge in [0.2, 0.25) is 0 Å². The first-order valence-corrected chi connectivity index (χ1v) is 4.18. The highest BCUT2D eigenvalue weighted by atomic mass is 19.1. The lowest BCUT2D eigenvalue weighted by Gasteiger charge is -2.10. The summed E-state index contributed by atoms with van der Waals surface area (Å²) in [4.78, 5) is 0. The van der Waals surface area contributed by atoms with Gasteiger partial charge in [0.25, 0.3) is 0 Å². The average Bonchev–Trinajstić information content (AvgIpc) is 2.18. The molecule has 0 aliphatic heterocycles. The first kappa shape index (κ1) is 9.99. The molecule has 0 saturated heterocycles. The topological polar surface area (TPSA) is 21.3 Å². The third-order valence-corrected chi connectivity index (χ3v) is 1.89. The Kier molecular flexibility index (Phi) is 3.71. The maximum atomic E-state index is 12.5. The largest absolute Gasteiger partial charge is 0.496 e. The summed E-state index contributed by atoms with van der Waals surface area (Å²) in [7, 11) is 3.41. The summed E-state index contributed by atoms with van der Waals surface area (Å²) in [5.74, 6) is 0.652. The maximum absolute atomic E-state index is 12.5. The normalized spacial score (nSPS) is 10.1. The molecule has 0 unspecified atom stereocenters. The van der Waals surface area contributed by atoms with Crippen LogP contribution in [-0.2, 0) is 13.2 Å². The van der Waals surface area contributed by atoms with Gasteiger partial charge < -0.3 is 10.1 Å². The van der Waals surface area contributed by atoms with Crippen molar-refractivity contribution in [3.63, 3.8) is 0 Å². The fourth-order valence-electron chi connectivity index (χ4n) is 1.34. The van der Waals surface area contributed by atoms with Crippen molar-refractivity contribution in [2.45, 2.75) is 13.2 Å². The summed E-state index contributed by atoms with van der Waals surface area (Å²) in [5, 5.41) is 3.01. The highest BCUT2D eigenvalue weighted by Crippen LogP contribution is 2.24. The summed E-state index contributed by atoms with van der Waals surface area (Å²) in [5.41, 5.74) is 1.59. The Hall–Kier alpha value is -1.09. The maximum Gasteiger partial charge on any atom is 0.129 e. The number of benzene rings is 1. The molecule has 0 bridgehead atoms. The Labute approximate surface area is 77.7 Å². The van der Waals surface area contributed by atoms with Crippen molar-refractivity contribution in [2.24, 2.45) is 0 Å². The first-order valence-electron chi connectivity index (χ1n) is 4.18. The van der Waals surface area contributed by atoms with E-state index < -0.39 is 6.67 Å². The van der Waals surface area contributed by atoms with Crippen molar-refractivity contribution in [1.29, 1.82) is 0 Å². The number of rotatable bonds is 4. The Bertz CT molecular complexity index is 276. The minimum absolute atomic E-state index is 0.485. The van der Waals surface area contributed by atoms with Crippen molar-refractivity contribution >= 4 is 0 Å². The van der Waals surface area contributed by atoms with Crippen molar-refractivity contribution in [3.8, 4) is 5.75 Å². The van der Waals surface area contributed by atoms with Crippen LogP contribution in [0.5, 0.6) is 5.75 Å². The molecule has 0 aliphatic carbocycles. The van der Waals surface area contributed by atoms with Gasteiger partial charge in [0.1, 0.15) is 12.4 Å². The molecule has 3 heteroatoms. The zero-order chi connectivity index (χ0) is 9.68. The van der Waals surface area contributed by atoms with Crippen LogP contribution in [0.25, 0.3) is 0 Å². The number of nitrogens with one attached hydrogen (secondary N) is 1. The molecule has 0 amide bonds. The van der Waals surface area contributed by atoms with Crippen LogP contribution in [0, 0.1) is 0 Å². The number of hydrogen-bond acceptors (Lipinski definition) is 2. The van der Waals surface area contributed by atoms with Crippen LogP contribution >= 0.6 is 0 Å². The van der Waals surface area contributed by atoms with Crippen molar-refractivity contribution in [3.05, 3.63) is 29.3 Å². The quantitative estimate of drug-likeness (QED) is 0.769. The van der Waals surface area contributed by atoms with E-state index in [9.17, 15) is 4.39 Å². The van der Waals surface area contributed by atoms with E-state index in [1.807, 2.05) is 19.2 Å². The van der Waals surface area contributed by atoms with E-state index in [1.54, 1.807) is 13.2 Å². The lowest BCUT2D eigenvalue weighted by atomic mass is 10.1. The molecular formula is C10H14FNO. The zero-order valence-corrected chi connectivity index (χ0v) is 7.93. The molecule has 1 N–H and O–H groups in total. The van der Waals surface area contributed by atoms with E-state index in [2.05, 4.69) is 5.32 Å². The smallest absolute Gasteiger partial charge is 0.129 e. The van der Waals surface area contributed by atoms with Crippen molar-refractivity contribution < 1.29 is 9.13 Å². The van der Waals surface area contributed by atoms with E-state index in [0.717, 1.165) is 5.56 Å². The van der Waals surface area contributed by atoms with Gasteiger partial charge in [0.05, 0.1) is 7.11 Å². The number of ether oxygens (including phenoxy) is 1. The molecule has 0 aliphatic rings. The van der Waals surface area contributed by atoms with Crippen LogP contribution < -0.4 is 10.1 Å². The van der Waals surface area contributed by atoms with Crippen molar-refractivity contribution in [2.75, 3.05) is 14.2 Å². The van der Waals surface area contributed by atoms with Gasteiger partial charge in [-0.25, -0.2) is 4.39 Å². The second kappa shape index (κ2) is 4.82. The highest BCUT2D eigenvalue weighted by molar-refractivity contribution is 5.41. The fraction of sp³-hybridized carbons (Fsp3) is 0.400. The first-order chi connectivity index (χ1) is 6.33. The summed E-state index contributed by atoms with van der Waals surface area (Å²) in [6.45, 7) is 0.206. The molecule has 2 nitrogen and oxygen atoms in total. The predicted octanol–water partition coefficient (Wildman–Crippen LogP) is 1.88. The molecule has 0 spiro atoms. The predicted molar refractivity (Wildman–Crippen MR) is 50.6 cm³/mol. The molecule has 1 aromatic carbocycles. The van der Waals surface area contributed by atoms with Crippen LogP contribution in [0.3, 0.4) is 0 Å². The lowest BCUT2D eigenvalue weighted by molar-refractivity contribution is 0.388. The minimum Gasteiger partial charge on any atom is -0.496 e. The van der Waals surface area contributed by atoms with Gasteiger partial charge in [0.15, 0.2) is 0 Å². The van der Waals surface area contributed by atoms with E-state index in [1.165, 1.54) is 0 Å². The molecule has 0 radical (unpaired) electrons. The zero-order valence-electron chi connectivity index (χ0n) is 7.93. The number of para-hydroxylation sites is 1. The number of halogens is 1. The molecule has 0 fully saturated rings. The van der Waals surface area contributed by atoms with Crippen LogP contribution in [-0.4, -0.2) is 14.2 Å². The van der Waals surface area contributed by atoms with Crippen molar-refractivity contribution in [1.82, 2.24) is 5.32 Å². The second-order valence-electron chi connectivity index (χ2n) is 2.77. The molecule has 72 valence electrons. The Morgan fingerprint density at radius 1 is 1.38 bits per heavy atom. The van der Waals surface area contributed by atoms with Gasteiger partial charge in [-0.1, -0.05) is 18.2 Å². The summed E-state index contributed by atoms with van der Waals surface area (Å²) < 4.78 is 17.6. The minimum atomic E-state index is -0.485. The van der Waals surface area contributed by atoms with Gasteiger partial charge in [-0.3, -0.25) is 0 Å². The molecule has 0 heterocycles. The van der Waals surface area contributed by atoms with Gasteiger partial charge in [-0.2, -0.15) is 0 Å². The van der Waals surface area contributed by atoms with E-state index in [0.29, 0.717) is 17.9 Å². The van der Waals surface area contributed by atoms with Gasteiger partial charge >= 0.3 is 0 Å². The summed E-state index contributed by atoms with van der Waals surface area (Å²) in [6, 6.07) is 5.50. The molecule has 1 aromatic rings. The fourth-order valence-corrected chi connectivity index (χ4v) is 1.34. The number of methoxy groups -OCH3 is 1. The number of hydrogen-bond donors (Lipinski definition) is 1. The van der Waals surface area contributed by atoms with Crippen LogP contribution in [0.1, 0.15) is 11.1 Å². The van der Waals surface area contributed by atoms with Gasteiger partial charge in [-0.05, 0) is 7.05 Å². The molecule has 13 heavy (non-hydrogen) atoms. The average molecular weight is 183 g/mol. The van der Waals surface area contributed by atoms with Crippen LogP contribution in [0.2, 0.25) is 0 Å². The third kappa shape index (κ3) is 2.18. The summed E-state index contributed by atoms with van der Waals surface area (Å²) >= 11 is 0. The molecule has 0 aromatic heterocycles. The Morgan fingerprint density at radius 3 is 2.62 bits per heavy atom. The third-order valence-electron chi connectivity index (χ3n) is 1.89. The molecule has 1 rings (SSSR count). The SMILES string of the molecule is CNCc1cccc(CF)c1OC. The van der Waals surface area contributed by atoms with Gasteiger partial charge in [-0.15, -0.1) is 0 Å². The summed E-state index contributed by atoms with van der Waals surface area (Å²) in [6.07, 6.45) is 0. The highest BCUT2D eigenvalue weighted by Gasteiger charge is 2.06. The second-order valence-corrected chi connectivity index (χ2v) is 2.77. The van der Waals surface area contributed by atoms with Crippen LogP contribution in [0.4, 0.5) is 4.39 Å². The monoisotopic (exact) mass is 183 g/mol. The Balaban J connectivity index is 3.03. The van der Waals surface area contributed by atoms with E-state index >= 15 is 0 Å². The standard InChI is InChI=1S/C10H14FNO/c1-12-7-9-5-3-4-8(6-11)10(9)13-2/h3-5,12H,6-7H2,1-2H3. The van der Waals surface area contributed by atoms with Gasteiger partial charge in [0, 0.05) is 17.7 Å². The number of alkyl halides is 1.